The maximum absolute atomic E-state index is 12.5. The topological polar surface area (TPSA) is 80.5 Å². The van der Waals surface area contributed by atoms with Crippen molar-refractivity contribution in [1.29, 1.82) is 0 Å². The Kier molecular flexibility index (Phi) is 5.15. The van der Waals surface area contributed by atoms with E-state index in [9.17, 15) is 13.2 Å². The van der Waals surface area contributed by atoms with Gasteiger partial charge in [0.25, 0.3) is 0 Å². The normalized spacial score (nSPS) is 30.6. The zero-order valence-corrected chi connectivity index (χ0v) is 14.0. The summed E-state index contributed by atoms with van der Waals surface area (Å²) in [5.41, 5.74) is 6.12. The van der Waals surface area contributed by atoms with Crippen LogP contribution >= 0.6 is 12.4 Å². The molecule has 2 aliphatic rings. The molecule has 0 aromatic heterocycles. The average Bonchev–Trinajstić information content (AvgIpc) is 2.71. The van der Waals surface area contributed by atoms with Crippen molar-refractivity contribution in [2.45, 2.75) is 43.9 Å². The van der Waals surface area contributed by atoms with E-state index in [4.69, 9.17) is 5.73 Å². The molecule has 1 saturated heterocycles. The van der Waals surface area contributed by atoms with Gasteiger partial charge in [0.15, 0.2) is 9.84 Å². The number of fused-ring (bicyclic) bond motifs is 1. The summed E-state index contributed by atoms with van der Waals surface area (Å²) in [5, 5.41) is 0. The third-order valence-corrected chi connectivity index (χ3v) is 6.91. The quantitative estimate of drug-likeness (QED) is 0.815. The summed E-state index contributed by atoms with van der Waals surface area (Å²) in [6.07, 6.45) is 4.35. The first-order chi connectivity index (χ1) is 8.64. The Labute approximate surface area is 127 Å². The van der Waals surface area contributed by atoms with Crippen LogP contribution in [0.5, 0.6) is 0 Å². The lowest BCUT2D eigenvalue weighted by Gasteiger charge is -2.29. The summed E-state index contributed by atoms with van der Waals surface area (Å²) in [5.74, 6) is 0.507. The highest BCUT2D eigenvalue weighted by molar-refractivity contribution is 7.92. The summed E-state index contributed by atoms with van der Waals surface area (Å²) < 4.78 is 22.2. The molecule has 20 heavy (non-hydrogen) atoms. The van der Waals surface area contributed by atoms with Crippen LogP contribution < -0.4 is 5.73 Å². The second-order valence-corrected chi connectivity index (χ2v) is 9.08. The smallest absolute Gasteiger partial charge is 0.243 e. The molecule has 3 atom stereocenters. The molecule has 2 N–H and O–H groups in total. The van der Waals surface area contributed by atoms with Gasteiger partial charge in [-0.1, -0.05) is 6.42 Å². The van der Waals surface area contributed by atoms with Crippen LogP contribution in [0.2, 0.25) is 0 Å². The largest absolute Gasteiger partial charge is 0.341 e. The molecule has 5 nitrogen and oxygen atoms in total. The van der Waals surface area contributed by atoms with Gasteiger partial charge in [-0.15, -0.1) is 12.4 Å². The molecule has 3 unspecified atom stereocenters. The Balaban J connectivity index is 0.00000200. The molecule has 118 valence electrons. The van der Waals surface area contributed by atoms with Crippen LogP contribution in [0.3, 0.4) is 0 Å². The average molecular weight is 325 g/mol. The van der Waals surface area contributed by atoms with Crippen LogP contribution in [0, 0.1) is 11.8 Å². The monoisotopic (exact) mass is 324 g/mol. The lowest BCUT2D eigenvalue weighted by Crippen LogP contribution is -2.49. The fourth-order valence-corrected chi connectivity index (χ4v) is 3.67. The number of carbonyl (C=O) groups excluding carboxylic acids is 1. The first-order valence-corrected chi connectivity index (χ1v) is 8.78. The standard InChI is InChI=1S/C13H24N2O3S.ClH/c1-13(2,19(3,17)18)12(16)15-7-9-5-4-6-11(14)10(9)8-15;/h9-11H,4-8,14H2,1-3H3;1H. The van der Waals surface area contributed by atoms with Crippen LogP contribution in [0.15, 0.2) is 0 Å². The number of amides is 1. The fourth-order valence-electron chi connectivity index (χ4n) is 3.22. The third-order valence-electron chi connectivity index (χ3n) is 4.88. The third kappa shape index (κ3) is 2.97. The van der Waals surface area contributed by atoms with Gasteiger partial charge in [-0.05, 0) is 38.5 Å². The van der Waals surface area contributed by atoms with E-state index in [1.165, 1.54) is 13.8 Å². The molecular weight excluding hydrogens is 300 g/mol. The highest BCUT2D eigenvalue weighted by atomic mass is 35.5. The van der Waals surface area contributed by atoms with Gasteiger partial charge in [-0.3, -0.25) is 4.79 Å². The van der Waals surface area contributed by atoms with Gasteiger partial charge < -0.3 is 10.6 Å². The van der Waals surface area contributed by atoms with E-state index in [-0.39, 0.29) is 24.4 Å². The van der Waals surface area contributed by atoms with Gasteiger partial charge in [0.2, 0.25) is 5.91 Å². The minimum Gasteiger partial charge on any atom is -0.341 e. The minimum atomic E-state index is -3.41. The van der Waals surface area contributed by atoms with Gasteiger partial charge in [-0.25, -0.2) is 8.42 Å². The van der Waals surface area contributed by atoms with Gasteiger partial charge in [0.1, 0.15) is 4.75 Å². The Morgan fingerprint density at radius 2 is 1.85 bits per heavy atom. The lowest BCUT2D eigenvalue weighted by molar-refractivity contribution is -0.132. The van der Waals surface area contributed by atoms with Crippen LogP contribution in [0.4, 0.5) is 0 Å². The van der Waals surface area contributed by atoms with Gasteiger partial charge in [-0.2, -0.15) is 0 Å². The summed E-state index contributed by atoms with van der Waals surface area (Å²) in [6.45, 7) is 4.26. The molecule has 1 aliphatic heterocycles. The highest BCUT2D eigenvalue weighted by Crippen LogP contribution is 2.36. The van der Waals surface area contributed by atoms with E-state index in [1.807, 2.05) is 0 Å². The van der Waals surface area contributed by atoms with Crippen molar-refractivity contribution in [3.05, 3.63) is 0 Å². The second kappa shape index (κ2) is 5.81. The predicted octanol–water partition coefficient (Wildman–Crippen LogP) is 0.817. The molecule has 2 fully saturated rings. The van der Waals surface area contributed by atoms with E-state index in [0.29, 0.717) is 24.9 Å². The van der Waals surface area contributed by atoms with Crippen molar-refractivity contribution in [2.24, 2.45) is 17.6 Å². The number of hydrogen-bond donors (Lipinski definition) is 1. The first kappa shape index (κ1) is 17.7. The van der Waals surface area contributed by atoms with Crippen molar-refractivity contribution < 1.29 is 13.2 Å². The number of likely N-dealkylation sites (tertiary alicyclic amines) is 1. The van der Waals surface area contributed by atoms with E-state index in [0.717, 1.165) is 25.5 Å². The number of sulfone groups is 1. The fraction of sp³-hybridized carbons (Fsp3) is 0.923. The number of carbonyl (C=O) groups is 1. The van der Waals surface area contributed by atoms with Crippen molar-refractivity contribution in [3.8, 4) is 0 Å². The minimum absolute atomic E-state index is 0. The SMILES string of the molecule is CC(C)(C(=O)N1CC2CCCC(N)C2C1)S(C)(=O)=O.Cl. The van der Waals surface area contributed by atoms with Crippen LogP contribution in [0.1, 0.15) is 33.1 Å². The number of rotatable bonds is 2. The summed E-state index contributed by atoms with van der Waals surface area (Å²) >= 11 is 0. The van der Waals surface area contributed by atoms with Gasteiger partial charge in [0, 0.05) is 25.4 Å². The lowest BCUT2D eigenvalue weighted by atomic mass is 9.78. The highest BCUT2D eigenvalue weighted by Gasteiger charge is 2.47. The Morgan fingerprint density at radius 3 is 2.35 bits per heavy atom. The van der Waals surface area contributed by atoms with E-state index in [2.05, 4.69) is 0 Å². The van der Waals surface area contributed by atoms with Crippen molar-refractivity contribution in [2.75, 3.05) is 19.3 Å². The Morgan fingerprint density at radius 1 is 1.25 bits per heavy atom. The molecule has 0 bridgehead atoms. The summed E-state index contributed by atoms with van der Waals surface area (Å²) in [7, 11) is -3.41. The molecule has 0 radical (unpaired) electrons. The molecule has 0 spiro atoms. The Hall–Kier alpha value is -0.330. The summed E-state index contributed by atoms with van der Waals surface area (Å²) in [6, 6.07) is 0.151. The zero-order valence-electron chi connectivity index (χ0n) is 12.3. The number of halogens is 1. The maximum Gasteiger partial charge on any atom is 0.243 e. The van der Waals surface area contributed by atoms with Crippen LogP contribution in [-0.2, 0) is 14.6 Å². The second-order valence-electron chi connectivity index (χ2n) is 6.51. The number of nitrogens with zero attached hydrogens (tertiary/aromatic N) is 1. The van der Waals surface area contributed by atoms with Crippen LogP contribution in [-0.4, -0.2) is 49.4 Å². The van der Waals surface area contributed by atoms with Crippen molar-refractivity contribution in [3.63, 3.8) is 0 Å². The molecular formula is C13H25ClN2O3S. The molecule has 1 saturated carbocycles. The zero-order chi connectivity index (χ0) is 14.4. The number of hydrogen-bond acceptors (Lipinski definition) is 4. The van der Waals surface area contributed by atoms with Crippen molar-refractivity contribution >= 4 is 28.2 Å². The molecule has 1 amide bonds. The summed E-state index contributed by atoms with van der Waals surface area (Å²) in [4.78, 5) is 14.2. The predicted molar refractivity (Wildman–Crippen MR) is 81.6 cm³/mol. The molecule has 1 heterocycles. The van der Waals surface area contributed by atoms with E-state index >= 15 is 0 Å². The Bertz CT molecular complexity index is 478. The van der Waals surface area contributed by atoms with Gasteiger partial charge in [0.05, 0.1) is 0 Å². The first-order valence-electron chi connectivity index (χ1n) is 6.89. The van der Waals surface area contributed by atoms with Crippen molar-refractivity contribution in [1.82, 2.24) is 4.90 Å². The number of nitrogens with two attached hydrogens (primary N) is 1. The molecule has 0 aromatic carbocycles. The van der Waals surface area contributed by atoms with E-state index in [1.54, 1.807) is 4.90 Å². The molecule has 2 rings (SSSR count). The molecule has 7 heteroatoms. The van der Waals surface area contributed by atoms with E-state index < -0.39 is 14.6 Å². The molecule has 1 aliphatic carbocycles. The van der Waals surface area contributed by atoms with Gasteiger partial charge >= 0.3 is 0 Å². The maximum atomic E-state index is 12.5. The van der Waals surface area contributed by atoms with Crippen LogP contribution in [0.25, 0.3) is 0 Å². The molecule has 0 aromatic rings.